The molecule has 1 aromatic heterocycles. The molecule has 30 heavy (non-hydrogen) atoms. The van der Waals surface area contributed by atoms with Crippen LogP contribution in [0.4, 0.5) is 5.69 Å². The predicted molar refractivity (Wildman–Crippen MR) is 111 cm³/mol. The fraction of sp³-hybridized carbons (Fsp3) is 0. The zero-order valence-electron chi connectivity index (χ0n) is 15.6. The van der Waals surface area contributed by atoms with E-state index in [-0.39, 0.29) is 17.1 Å². The lowest BCUT2D eigenvalue weighted by atomic mass is 10.0. The second-order valence-electron chi connectivity index (χ2n) is 6.36. The predicted octanol–water partition coefficient (Wildman–Crippen LogP) is 4.94. The Morgan fingerprint density at radius 2 is 1.37 bits per heavy atom. The van der Waals surface area contributed by atoms with E-state index in [1.807, 2.05) is 54.6 Å². The molecule has 3 aromatic carbocycles. The van der Waals surface area contributed by atoms with Gasteiger partial charge in [-0.25, -0.2) is 4.79 Å². The van der Waals surface area contributed by atoms with Gasteiger partial charge in [-0.2, -0.15) is 0 Å². The number of para-hydroxylation sites is 1. The maximum Gasteiger partial charge on any atom is 0.351 e. The molecule has 0 spiro atoms. The van der Waals surface area contributed by atoms with Gasteiger partial charge in [-0.3, -0.25) is 10.1 Å². The van der Waals surface area contributed by atoms with Crippen molar-refractivity contribution < 1.29 is 14.5 Å². The monoisotopic (exact) mass is 397 g/mol. The molecule has 4 rings (SSSR count). The summed E-state index contributed by atoms with van der Waals surface area (Å²) in [6.45, 7) is 0. The van der Waals surface area contributed by atoms with Crippen LogP contribution in [0.2, 0.25) is 0 Å². The number of esters is 1. The number of carbonyl (C=O) groups excluding carboxylic acids is 1. The molecule has 146 valence electrons. The van der Waals surface area contributed by atoms with Crippen LogP contribution < -0.4 is 4.74 Å². The molecule has 0 aliphatic carbocycles. The highest BCUT2D eigenvalue weighted by Crippen LogP contribution is 2.24. The Balaban J connectivity index is 1.49. The molecule has 7 heteroatoms. The van der Waals surface area contributed by atoms with Gasteiger partial charge in [0.1, 0.15) is 5.56 Å². The number of nitrogens with zero attached hydrogens (tertiary/aromatic N) is 3. The van der Waals surface area contributed by atoms with Crippen molar-refractivity contribution in [2.24, 2.45) is 0 Å². The molecule has 0 aliphatic rings. The third-order valence-electron chi connectivity index (χ3n) is 4.45. The number of hydrogen-bond acceptors (Lipinski definition) is 6. The Kier molecular flexibility index (Phi) is 5.25. The Hall–Kier alpha value is -4.39. The van der Waals surface area contributed by atoms with Crippen LogP contribution in [0, 0.1) is 10.1 Å². The van der Waals surface area contributed by atoms with Gasteiger partial charge in [0, 0.05) is 17.7 Å². The molecule has 0 atom stereocenters. The lowest BCUT2D eigenvalue weighted by Crippen LogP contribution is -2.12. The number of aromatic nitrogens is 2. The molecule has 0 unspecified atom stereocenters. The van der Waals surface area contributed by atoms with E-state index < -0.39 is 10.9 Å². The second kappa shape index (κ2) is 8.32. The van der Waals surface area contributed by atoms with Crippen molar-refractivity contribution in [2.75, 3.05) is 0 Å². The number of nitro groups is 1. The molecule has 0 bridgehead atoms. The van der Waals surface area contributed by atoms with E-state index in [4.69, 9.17) is 4.74 Å². The molecule has 7 nitrogen and oxygen atoms in total. The van der Waals surface area contributed by atoms with E-state index in [0.29, 0.717) is 5.69 Å². The largest absolute Gasteiger partial charge is 0.402 e. The fourth-order valence-corrected chi connectivity index (χ4v) is 2.95. The summed E-state index contributed by atoms with van der Waals surface area (Å²) in [7, 11) is 0. The van der Waals surface area contributed by atoms with Crippen molar-refractivity contribution in [3.05, 3.63) is 107 Å². The molecule has 0 aliphatic heterocycles. The van der Waals surface area contributed by atoms with Crippen molar-refractivity contribution in [3.63, 3.8) is 0 Å². The van der Waals surface area contributed by atoms with Gasteiger partial charge >= 0.3 is 5.97 Å². The minimum Gasteiger partial charge on any atom is -0.402 e. The first-order valence-electron chi connectivity index (χ1n) is 9.07. The highest BCUT2D eigenvalue weighted by atomic mass is 16.6. The first kappa shape index (κ1) is 18.9. The quantitative estimate of drug-likeness (QED) is 0.269. The van der Waals surface area contributed by atoms with Gasteiger partial charge in [0.15, 0.2) is 0 Å². The van der Waals surface area contributed by atoms with Gasteiger partial charge in [-0.05, 0) is 23.3 Å². The van der Waals surface area contributed by atoms with Crippen molar-refractivity contribution in [3.8, 4) is 28.3 Å². The number of nitro benzene ring substituents is 1. The van der Waals surface area contributed by atoms with Crippen LogP contribution in [-0.4, -0.2) is 21.1 Å². The van der Waals surface area contributed by atoms with E-state index >= 15 is 0 Å². The molecule has 0 fully saturated rings. The maximum atomic E-state index is 12.3. The molecule has 4 aromatic rings. The van der Waals surface area contributed by atoms with Gasteiger partial charge in [0.2, 0.25) is 5.88 Å². The van der Waals surface area contributed by atoms with Crippen molar-refractivity contribution in [2.45, 2.75) is 0 Å². The molecule has 0 saturated heterocycles. The highest BCUT2D eigenvalue weighted by molar-refractivity contribution is 5.95. The lowest BCUT2D eigenvalue weighted by Gasteiger charge is -2.06. The molecule has 0 radical (unpaired) electrons. The Morgan fingerprint density at radius 3 is 2.03 bits per heavy atom. The van der Waals surface area contributed by atoms with Crippen LogP contribution in [-0.2, 0) is 0 Å². The van der Waals surface area contributed by atoms with Crippen LogP contribution in [0.25, 0.3) is 22.4 Å². The van der Waals surface area contributed by atoms with E-state index in [9.17, 15) is 14.9 Å². The summed E-state index contributed by atoms with van der Waals surface area (Å²) < 4.78 is 5.14. The van der Waals surface area contributed by atoms with Gasteiger partial charge in [-0.15, -0.1) is 10.2 Å². The third kappa shape index (κ3) is 4.05. The van der Waals surface area contributed by atoms with Gasteiger partial charge < -0.3 is 4.74 Å². The summed E-state index contributed by atoms with van der Waals surface area (Å²) in [4.78, 5) is 22.7. The molecule has 0 amide bonds. The first-order chi connectivity index (χ1) is 14.6. The van der Waals surface area contributed by atoms with Gasteiger partial charge in [0.25, 0.3) is 5.69 Å². The highest BCUT2D eigenvalue weighted by Gasteiger charge is 2.21. The smallest absolute Gasteiger partial charge is 0.351 e. The summed E-state index contributed by atoms with van der Waals surface area (Å²) in [5.41, 5.74) is 3.20. The van der Waals surface area contributed by atoms with Crippen molar-refractivity contribution >= 4 is 11.7 Å². The number of benzene rings is 3. The SMILES string of the molecule is O=C(Oc1ccc(-c2ccc(-c3ccccc3)cc2)nn1)c1ccccc1[N+](=O)[O-]. The van der Waals surface area contributed by atoms with Gasteiger partial charge in [-0.1, -0.05) is 66.7 Å². The second-order valence-corrected chi connectivity index (χ2v) is 6.36. The van der Waals surface area contributed by atoms with Crippen LogP contribution in [0.15, 0.2) is 91.0 Å². The standard InChI is InChI=1S/C23H15N3O4/c27-23(19-8-4-5-9-21(19)26(28)29)30-22-15-14-20(24-25-22)18-12-10-17(11-13-18)16-6-2-1-3-7-16/h1-15H. The molecule has 0 N–H and O–H groups in total. The zero-order chi connectivity index (χ0) is 20.9. The summed E-state index contributed by atoms with van der Waals surface area (Å²) in [5, 5.41) is 19.1. The van der Waals surface area contributed by atoms with Crippen molar-refractivity contribution in [1.82, 2.24) is 10.2 Å². The molecule has 1 heterocycles. The Bertz CT molecular complexity index is 1190. The third-order valence-corrected chi connectivity index (χ3v) is 4.45. The first-order valence-corrected chi connectivity index (χ1v) is 9.07. The summed E-state index contributed by atoms with van der Waals surface area (Å²) in [6, 6.07) is 26.6. The maximum absolute atomic E-state index is 12.3. The Labute approximate surface area is 171 Å². The fourth-order valence-electron chi connectivity index (χ4n) is 2.95. The van der Waals surface area contributed by atoms with Gasteiger partial charge in [0.05, 0.1) is 10.6 Å². The van der Waals surface area contributed by atoms with Crippen molar-refractivity contribution in [1.29, 1.82) is 0 Å². The Morgan fingerprint density at radius 1 is 0.733 bits per heavy atom. The minimum atomic E-state index is -0.864. The van der Waals surface area contributed by atoms with E-state index in [2.05, 4.69) is 10.2 Å². The van der Waals surface area contributed by atoms with Crippen LogP contribution in [0.1, 0.15) is 10.4 Å². The minimum absolute atomic E-state index is 0.0391. The topological polar surface area (TPSA) is 95.2 Å². The molecular formula is C23H15N3O4. The average molecular weight is 397 g/mol. The van der Waals surface area contributed by atoms with Crippen LogP contribution >= 0.6 is 0 Å². The molecule has 0 saturated carbocycles. The average Bonchev–Trinajstić information content (AvgIpc) is 2.80. The lowest BCUT2D eigenvalue weighted by molar-refractivity contribution is -0.385. The zero-order valence-corrected chi connectivity index (χ0v) is 15.6. The van der Waals surface area contributed by atoms with E-state index in [1.54, 1.807) is 6.07 Å². The van der Waals surface area contributed by atoms with E-state index in [1.165, 1.54) is 30.3 Å². The van der Waals surface area contributed by atoms with E-state index in [0.717, 1.165) is 16.7 Å². The summed E-state index contributed by atoms with van der Waals surface area (Å²) in [6.07, 6.45) is 0. The molecular weight excluding hydrogens is 382 g/mol. The summed E-state index contributed by atoms with van der Waals surface area (Å²) >= 11 is 0. The normalized spacial score (nSPS) is 10.4. The number of carbonyl (C=O) groups is 1. The summed E-state index contributed by atoms with van der Waals surface area (Å²) in [5.74, 6) is -0.903. The van der Waals surface area contributed by atoms with Crippen LogP contribution in [0.5, 0.6) is 5.88 Å². The van der Waals surface area contributed by atoms with Crippen LogP contribution in [0.3, 0.4) is 0 Å². The number of rotatable bonds is 5. The number of hydrogen-bond donors (Lipinski definition) is 0. The number of ether oxygens (including phenoxy) is 1.